The number of thiophene rings is 1. The van der Waals surface area contributed by atoms with Gasteiger partial charge in [0.25, 0.3) is 0 Å². The molecule has 0 unspecified atom stereocenters. The molecule has 0 radical (unpaired) electrons. The molecule has 0 atom stereocenters. The van der Waals surface area contributed by atoms with Gasteiger partial charge in [-0.05, 0) is 43.7 Å². The number of aryl methyl sites for hydroxylation is 2. The number of benzene rings is 1. The van der Waals surface area contributed by atoms with Gasteiger partial charge in [0, 0.05) is 15.6 Å². The lowest BCUT2D eigenvalue weighted by Crippen LogP contribution is -2.00. The van der Waals surface area contributed by atoms with E-state index in [0.29, 0.717) is 5.02 Å². The highest BCUT2D eigenvalue weighted by Gasteiger charge is 2.13. The van der Waals surface area contributed by atoms with E-state index >= 15 is 0 Å². The number of hydrogen-bond donors (Lipinski definition) is 2. The minimum Gasteiger partial charge on any atom is -0.368 e. The van der Waals surface area contributed by atoms with Crippen LogP contribution in [-0.2, 0) is 0 Å². The SMILES string of the molecule is Cc1sc2nc(N)nc(Nc3ccc(Cl)cc3)c2c1C. The molecule has 4 nitrogen and oxygen atoms in total. The van der Waals surface area contributed by atoms with E-state index in [9.17, 15) is 0 Å². The van der Waals surface area contributed by atoms with Crippen molar-refractivity contribution in [3.05, 3.63) is 39.7 Å². The van der Waals surface area contributed by atoms with Gasteiger partial charge in [0.2, 0.25) is 5.95 Å². The topological polar surface area (TPSA) is 63.8 Å². The Labute approximate surface area is 125 Å². The summed E-state index contributed by atoms with van der Waals surface area (Å²) in [5.74, 6) is 1.01. The van der Waals surface area contributed by atoms with E-state index in [4.69, 9.17) is 17.3 Å². The molecular weight excluding hydrogens is 292 g/mol. The maximum Gasteiger partial charge on any atom is 0.223 e. The Morgan fingerprint density at radius 1 is 1.15 bits per heavy atom. The van der Waals surface area contributed by atoms with Crippen molar-refractivity contribution in [1.82, 2.24) is 9.97 Å². The molecular formula is C14H13ClN4S. The van der Waals surface area contributed by atoms with Crippen LogP contribution in [-0.4, -0.2) is 9.97 Å². The number of halogens is 1. The van der Waals surface area contributed by atoms with Crippen molar-refractivity contribution in [2.24, 2.45) is 0 Å². The highest BCUT2D eigenvalue weighted by molar-refractivity contribution is 7.18. The Morgan fingerprint density at radius 2 is 1.85 bits per heavy atom. The van der Waals surface area contributed by atoms with Crippen LogP contribution >= 0.6 is 22.9 Å². The molecule has 3 aromatic rings. The van der Waals surface area contributed by atoms with Crippen molar-refractivity contribution >= 4 is 50.6 Å². The van der Waals surface area contributed by atoms with E-state index in [-0.39, 0.29) is 5.95 Å². The molecule has 6 heteroatoms. The molecule has 0 bridgehead atoms. The molecule has 0 spiro atoms. The fraction of sp³-hybridized carbons (Fsp3) is 0.143. The molecule has 0 aliphatic rings. The van der Waals surface area contributed by atoms with Crippen molar-refractivity contribution < 1.29 is 0 Å². The summed E-state index contributed by atoms with van der Waals surface area (Å²) in [5, 5.41) is 5.01. The smallest absolute Gasteiger partial charge is 0.223 e. The molecule has 0 aliphatic heterocycles. The third kappa shape index (κ3) is 2.30. The Balaban J connectivity index is 2.12. The second-order valence-corrected chi connectivity index (χ2v) is 6.17. The lowest BCUT2D eigenvalue weighted by Gasteiger charge is -2.08. The van der Waals surface area contributed by atoms with Crippen LogP contribution in [0, 0.1) is 13.8 Å². The molecule has 2 aromatic heterocycles. The summed E-state index contributed by atoms with van der Waals surface area (Å²) in [4.78, 5) is 10.7. The van der Waals surface area contributed by atoms with Crippen molar-refractivity contribution in [1.29, 1.82) is 0 Å². The maximum absolute atomic E-state index is 5.89. The number of hydrogen-bond acceptors (Lipinski definition) is 5. The number of nitrogens with two attached hydrogens (primary N) is 1. The number of fused-ring (bicyclic) bond motifs is 1. The summed E-state index contributed by atoms with van der Waals surface area (Å²) >= 11 is 7.52. The molecule has 0 fully saturated rings. The monoisotopic (exact) mass is 304 g/mol. The molecule has 3 N–H and O–H groups in total. The molecule has 2 heterocycles. The fourth-order valence-corrected chi connectivity index (χ4v) is 3.19. The average molecular weight is 305 g/mol. The van der Waals surface area contributed by atoms with E-state index in [2.05, 4.69) is 29.1 Å². The summed E-state index contributed by atoms with van der Waals surface area (Å²) in [6.07, 6.45) is 0. The number of anilines is 3. The normalized spacial score (nSPS) is 10.9. The molecule has 3 rings (SSSR count). The zero-order chi connectivity index (χ0) is 14.3. The van der Waals surface area contributed by atoms with E-state index in [0.717, 1.165) is 21.7 Å². The van der Waals surface area contributed by atoms with Gasteiger partial charge in [0.05, 0.1) is 5.39 Å². The molecule has 1 aromatic carbocycles. The Kier molecular flexibility index (Phi) is 3.23. The summed E-state index contributed by atoms with van der Waals surface area (Å²) < 4.78 is 0. The minimum absolute atomic E-state index is 0.273. The third-order valence-corrected chi connectivity index (χ3v) is 4.51. The van der Waals surface area contributed by atoms with Crippen molar-refractivity contribution in [3.63, 3.8) is 0 Å². The highest BCUT2D eigenvalue weighted by Crippen LogP contribution is 2.34. The fourth-order valence-electron chi connectivity index (χ4n) is 2.03. The van der Waals surface area contributed by atoms with E-state index in [1.54, 1.807) is 11.3 Å². The highest BCUT2D eigenvalue weighted by atomic mass is 35.5. The zero-order valence-electron chi connectivity index (χ0n) is 11.1. The lowest BCUT2D eigenvalue weighted by molar-refractivity contribution is 1.24. The minimum atomic E-state index is 0.273. The molecule has 0 amide bonds. The van der Waals surface area contributed by atoms with Crippen LogP contribution in [0.25, 0.3) is 10.2 Å². The van der Waals surface area contributed by atoms with Crippen molar-refractivity contribution in [3.8, 4) is 0 Å². The van der Waals surface area contributed by atoms with Gasteiger partial charge in [0.1, 0.15) is 10.6 Å². The Morgan fingerprint density at radius 3 is 2.55 bits per heavy atom. The standard InChI is InChI=1S/C14H13ClN4S/c1-7-8(2)20-13-11(7)12(18-14(16)19-13)17-10-5-3-9(15)4-6-10/h3-6H,1-2H3,(H3,16,17,18,19). The van der Waals surface area contributed by atoms with Crippen LogP contribution in [0.3, 0.4) is 0 Å². The van der Waals surface area contributed by atoms with Gasteiger partial charge in [-0.1, -0.05) is 11.6 Å². The predicted octanol–water partition coefficient (Wildman–Crippen LogP) is 4.29. The van der Waals surface area contributed by atoms with Gasteiger partial charge < -0.3 is 11.1 Å². The van der Waals surface area contributed by atoms with Crippen molar-refractivity contribution in [2.75, 3.05) is 11.1 Å². The predicted molar refractivity (Wildman–Crippen MR) is 86.0 cm³/mol. The van der Waals surface area contributed by atoms with Crippen LogP contribution in [0.15, 0.2) is 24.3 Å². The van der Waals surface area contributed by atoms with Crippen LogP contribution < -0.4 is 11.1 Å². The van der Waals surface area contributed by atoms with Crippen LogP contribution in [0.1, 0.15) is 10.4 Å². The first-order chi connectivity index (χ1) is 9.54. The number of nitrogens with zero attached hydrogens (tertiary/aromatic N) is 2. The first-order valence-corrected chi connectivity index (χ1v) is 7.30. The van der Waals surface area contributed by atoms with Gasteiger partial charge in [0.15, 0.2) is 0 Å². The largest absolute Gasteiger partial charge is 0.368 e. The maximum atomic E-state index is 5.89. The van der Waals surface area contributed by atoms with Gasteiger partial charge in [-0.3, -0.25) is 0 Å². The summed E-state index contributed by atoms with van der Waals surface area (Å²) in [7, 11) is 0. The molecule has 0 aliphatic carbocycles. The second-order valence-electron chi connectivity index (χ2n) is 4.53. The molecule has 0 saturated carbocycles. The molecule has 102 valence electrons. The van der Waals surface area contributed by atoms with Crippen LogP contribution in [0.2, 0.25) is 5.02 Å². The summed E-state index contributed by atoms with van der Waals surface area (Å²) in [5.41, 5.74) is 7.88. The van der Waals surface area contributed by atoms with Gasteiger partial charge in [-0.25, -0.2) is 4.98 Å². The lowest BCUT2D eigenvalue weighted by atomic mass is 10.2. The van der Waals surface area contributed by atoms with Gasteiger partial charge in [-0.15, -0.1) is 11.3 Å². The van der Waals surface area contributed by atoms with Crippen LogP contribution in [0.4, 0.5) is 17.5 Å². The van der Waals surface area contributed by atoms with Gasteiger partial charge >= 0.3 is 0 Å². The Hall–Kier alpha value is -1.85. The molecule has 20 heavy (non-hydrogen) atoms. The quantitative estimate of drug-likeness (QED) is 0.741. The molecule has 0 saturated heterocycles. The zero-order valence-corrected chi connectivity index (χ0v) is 12.6. The summed E-state index contributed by atoms with van der Waals surface area (Å²) in [6, 6.07) is 7.47. The van der Waals surface area contributed by atoms with E-state index in [1.165, 1.54) is 10.4 Å². The second kappa shape index (κ2) is 4.92. The average Bonchev–Trinajstić information content (AvgIpc) is 2.67. The first kappa shape index (κ1) is 13.1. The number of aromatic nitrogens is 2. The van der Waals surface area contributed by atoms with Gasteiger partial charge in [-0.2, -0.15) is 4.98 Å². The number of nitrogens with one attached hydrogen (secondary N) is 1. The van der Waals surface area contributed by atoms with Crippen molar-refractivity contribution in [2.45, 2.75) is 13.8 Å². The first-order valence-electron chi connectivity index (χ1n) is 6.10. The third-order valence-electron chi connectivity index (χ3n) is 3.15. The Bertz CT molecular complexity index is 780. The summed E-state index contributed by atoms with van der Waals surface area (Å²) in [6.45, 7) is 4.14. The van der Waals surface area contributed by atoms with E-state index < -0.39 is 0 Å². The van der Waals surface area contributed by atoms with Crippen LogP contribution in [0.5, 0.6) is 0 Å². The number of nitrogen functional groups attached to an aromatic ring is 1. The number of rotatable bonds is 2. The van der Waals surface area contributed by atoms with E-state index in [1.807, 2.05) is 24.3 Å².